The molecular weight excluding hydrogens is 289 g/mol. The Morgan fingerprint density at radius 2 is 1.89 bits per heavy atom. The van der Waals surface area contributed by atoms with Gasteiger partial charge in [-0.05, 0) is 6.92 Å². The van der Waals surface area contributed by atoms with Gasteiger partial charge in [-0.2, -0.15) is 0 Å². The van der Waals surface area contributed by atoms with E-state index in [0.29, 0.717) is 13.1 Å². The van der Waals surface area contributed by atoms with E-state index in [1.165, 1.54) is 0 Å². The Morgan fingerprint density at radius 1 is 1.26 bits per heavy atom. The smallest absolute Gasteiger partial charge is 0.239 e. The van der Waals surface area contributed by atoms with E-state index in [1.807, 2.05) is 0 Å². The zero-order valence-corrected chi connectivity index (χ0v) is 12.4. The lowest BCUT2D eigenvalue weighted by atomic mass is 10.2. The van der Waals surface area contributed by atoms with Gasteiger partial charge in [-0.15, -0.1) is 24.8 Å². The molecule has 0 spiro atoms. The third kappa shape index (κ3) is 4.49. The van der Waals surface area contributed by atoms with Crippen LogP contribution in [0.5, 0.6) is 0 Å². The fourth-order valence-electron chi connectivity index (χ4n) is 1.90. The lowest BCUT2D eigenvalue weighted by molar-refractivity contribution is -0.132. The Kier molecular flexibility index (Phi) is 7.66. The number of piperazine rings is 1. The van der Waals surface area contributed by atoms with Crippen molar-refractivity contribution >= 4 is 36.5 Å². The fraction of sp³-hybridized carbons (Fsp3) is 0.545. The van der Waals surface area contributed by atoms with E-state index in [9.17, 15) is 4.79 Å². The lowest BCUT2D eigenvalue weighted by Crippen LogP contribution is -2.52. The highest BCUT2D eigenvalue weighted by Crippen LogP contribution is 2.11. The summed E-state index contributed by atoms with van der Waals surface area (Å²) < 4.78 is 0. The molecule has 1 aromatic rings. The highest BCUT2D eigenvalue weighted by molar-refractivity contribution is 5.85. The van der Waals surface area contributed by atoms with Gasteiger partial charge in [0.05, 0.1) is 12.2 Å². The van der Waals surface area contributed by atoms with Crippen molar-refractivity contribution in [2.75, 3.05) is 31.1 Å². The molecule has 1 fully saturated rings. The summed E-state index contributed by atoms with van der Waals surface area (Å²) in [5, 5.41) is 0. The molecule has 1 saturated heterocycles. The quantitative estimate of drug-likeness (QED) is 0.851. The summed E-state index contributed by atoms with van der Waals surface area (Å²) in [7, 11) is 0. The summed E-state index contributed by atoms with van der Waals surface area (Å²) in [5.74, 6) is 0.879. The van der Waals surface area contributed by atoms with Crippen LogP contribution in [0.2, 0.25) is 0 Å². The van der Waals surface area contributed by atoms with Gasteiger partial charge in [0.25, 0.3) is 0 Å². The first-order valence-corrected chi connectivity index (χ1v) is 5.74. The topological polar surface area (TPSA) is 75.4 Å². The standard InChI is InChI=1S/C11H17N5O.2ClH/c1-9(12)11(17)16-6-4-15(5-7-16)10-8-13-2-3-14-10;;/h2-3,8-9H,4-7,12H2,1H3;2*1H/t9-;;/m1../s1. The van der Waals surface area contributed by atoms with Crippen molar-refractivity contribution in [3.63, 3.8) is 0 Å². The largest absolute Gasteiger partial charge is 0.352 e. The summed E-state index contributed by atoms with van der Waals surface area (Å²) in [6.45, 7) is 4.65. The van der Waals surface area contributed by atoms with Gasteiger partial charge in [-0.3, -0.25) is 9.78 Å². The van der Waals surface area contributed by atoms with Crippen LogP contribution in [0.1, 0.15) is 6.92 Å². The van der Waals surface area contributed by atoms with Crippen molar-refractivity contribution in [3.05, 3.63) is 18.6 Å². The van der Waals surface area contributed by atoms with E-state index >= 15 is 0 Å². The summed E-state index contributed by atoms with van der Waals surface area (Å²) in [4.78, 5) is 23.9. The molecule has 2 N–H and O–H groups in total. The number of nitrogens with zero attached hydrogens (tertiary/aromatic N) is 4. The minimum Gasteiger partial charge on any atom is -0.352 e. The van der Waals surface area contributed by atoms with Crippen LogP contribution in [-0.4, -0.2) is 53.0 Å². The van der Waals surface area contributed by atoms with Crippen LogP contribution in [0.25, 0.3) is 0 Å². The molecule has 108 valence electrons. The van der Waals surface area contributed by atoms with Crippen LogP contribution in [0.3, 0.4) is 0 Å². The molecule has 1 atom stereocenters. The fourth-order valence-corrected chi connectivity index (χ4v) is 1.90. The Bertz CT molecular complexity index is 382. The first kappa shape index (κ1) is 17.9. The first-order chi connectivity index (χ1) is 8.18. The number of amides is 1. The lowest BCUT2D eigenvalue weighted by Gasteiger charge is -2.35. The zero-order chi connectivity index (χ0) is 12.3. The molecule has 2 heterocycles. The van der Waals surface area contributed by atoms with E-state index in [4.69, 9.17) is 5.73 Å². The summed E-state index contributed by atoms with van der Waals surface area (Å²) in [5.41, 5.74) is 5.59. The van der Waals surface area contributed by atoms with Gasteiger partial charge in [0.15, 0.2) is 0 Å². The van der Waals surface area contributed by atoms with Gasteiger partial charge in [-0.25, -0.2) is 4.98 Å². The number of carbonyl (C=O) groups is 1. The van der Waals surface area contributed by atoms with Gasteiger partial charge >= 0.3 is 0 Å². The molecule has 8 heteroatoms. The van der Waals surface area contributed by atoms with Crippen molar-refractivity contribution in [1.29, 1.82) is 0 Å². The summed E-state index contributed by atoms with van der Waals surface area (Å²) in [6.07, 6.45) is 5.07. The normalized spacial score (nSPS) is 16.1. The third-order valence-electron chi connectivity index (χ3n) is 2.85. The maximum absolute atomic E-state index is 11.7. The van der Waals surface area contributed by atoms with Gasteiger partial charge < -0.3 is 15.5 Å². The molecule has 1 aliphatic heterocycles. The number of aromatic nitrogens is 2. The van der Waals surface area contributed by atoms with Crippen LogP contribution in [0, 0.1) is 0 Å². The molecular formula is C11H19Cl2N5O. The van der Waals surface area contributed by atoms with Crippen LogP contribution in [0.15, 0.2) is 18.6 Å². The molecule has 1 aliphatic rings. The average molecular weight is 308 g/mol. The third-order valence-corrected chi connectivity index (χ3v) is 2.85. The maximum Gasteiger partial charge on any atom is 0.239 e. The molecule has 19 heavy (non-hydrogen) atoms. The monoisotopic (exact) mass is 307 g/mol. The summed E-state index contributed by atoms with van der Waals surface area (Å²) >= 11 is 0. The highest BCUT2D eigenvalue weighted by atomic mass is 35.5. The molecule has 0 aliphatic carbocycles. The number of hydrogen-bond donors (Lipinski definition) is 1. The SMILES string of the molecule is C[C@@H](N)C(=O)N1CCN(c2cnccn2)CC1.Cl.Cl. The molecule has 0 unspecified atom stereocenters. The van der Waals surface area contributed by atoms with Crippen LogP contribution in [0.4, 0.5) is 5.82 Å². The highest BCUT2D eigenvalue weighted by Gasteiger charge is 2.23. The van der Waals surface area contributed by atoms with Gasteiger partial charge in [0.2, 0.25) is 5.91 Å². The minimum atomic E-state index is -0.418. The molecule has 0 bridgehead atoms. The molecule has 0 aromatic carbocycles. The Balaban J connectivity index is 0.00000162. The van der Waals surface area contributed by atoms with Crippen molar-refractivity contribution < 1.29 is 4.79 Å². The number of anilines is 1. The predicted molar refractivity (Wildman–Crippen MR) is 79.0 cm³/mol. The van der Waals surface area contributed by atoms with Crippen molar-refractivity contribution in [2.24, 2.45) is 5.73 Å². The number of halogens is 2. The predicted octanol–water partition coefficient (Wildman–Crippen LogP) is 0.316. The van der Waals surface area contributed by atoms with Gasteiger partial charge in [-0.1, -0.05) is 0 Å². The van der Waals surface area contributed by atoms with E-state index in [0.717, 1.165) is 18.9 Å². The van der Waals surface area contributed by atoms with Crippen LogP contribution in [-0.2, 0) is 4.79 Å². The molecule has 6 nitrogen and oxygen atoms in total. The van der Waals surface area contributed by atoms with Crippen molar-refractivity contribution in [3.8, 4) is 0 Å². The Labute approximate surface area is 125 Å². The Morgan fingerprint density at radius 3 is 2.37 bits per heavy atom. The van der Waals surface area contributed by atoms with Crippen molar-refractivity contribution in [2.45, 2.75) is 13.0 Å². The molecule has 0 radical (unpaired) electrons. The van der Waals surface area contributed by atoms with E-state index < -0.39 is 6.04 Å². The molecule has 1 amide bonds. The van der Waals surface area contributed by atoms with E-state index in [-0.39, 0.29) is 30.7 Å². The average Bonchev–Trinajstić information content (AvgIpc) is 2.39. The number of hydrogen-bond acceptors (Lipinski definition) is 5. The maximum atomic E-state index is 11.7. The van der Waals surface area contributed by atoms with Gasteiger partial charge in [0, 0.05) is 38.6 Å². The first-order valence-electron chi connectivity index (χ1n) is 5.74. The molecule has 1 aromatic heterocycles. The van der Waals surface area contributed by atoms with Crippen LogP contribution >= 0.6 is 24.8 Å². The zero-order valence-electron chi connectivity index (χ0n) is 10.7. The van der Waals surface area contributed by atoms with E-state index in [2.05, 4.69) is 14.9 Å². The van der Waals surface area contributed by atoms with Gasteiger partial charge in [0.1, 0.15) is 5.82 Å². The second-order valence-corrected chi connectivity index (χ2v) is 4.16. The molecule has 0 saturated carbocycles. The minimum absolute atomic E-state index is 0. The second-order valence-electron chi connectivity index (χ2n) is 4.16. The number of nitrogens with two attached hydrogens (primary N) is 1. The number of rotatable bonds is 2. The second kappa shape index (κ2) is 8.14. The molecule has 2 rings (SSSR count). The van der Waals surface area contributed by atoms with E-state index in [1.54, 1.807) is 30.4 Å². The number of carbonyl (C=O) groups excluding carboxylic acids is 1. The summed E-state index contributed by atoms with van der Waals surface area (Å²) in [6, 6.07) is -0.418. The van der Waals surface area contributed by atoms with Crippen molar-refractivity contribution in [1.82, 2.24) is 14.9 Å². The Hall–Kier alpha value is -1.11. The van der Waals surface area contributed by atoms with Crippen LogP contribution < -0.4 is 10.6 Å².